The third-order valence-electron chi connectivity index (χ3n) is 4.57. The number of hydrogen-bond donors (Lipinski definition) is 0. The quantitative estimate of drug-likeness (QED) is 0.482. The van der Waals surface area contributed by atoms with Gasteiger partial charge in [-0.25, -0.2) is 0 Å². The van der Waals surface area contributed by atoms with Crippen LogP contribution in [-0.4, -0.2) is 24.0 Å². The van der Waals surface area contributed by atoms with Gasteiger partial charge in [0.2, 0.25) is 6.33 Å². The van der Waals surface area contributed by atoms with E-state index in [1.807, 2.05) is 65.6 Å². The van der Waals surface area contributed by atoms with E-state index < -0.39 is 0 Å². The Morgan fingerprint density at radius 3 is 2.25 bits per heavy atom. The Hall–Kier alpha value is -3.60. The van der Waals surface area contributed by atoms with Crippen molar-refractivity contribution in [3.05, 3.63) is 90.8 Å². The molecule has 0 N–H and O–H groups in total. The molecule has 5 heteroatoms. The SMILES string of the molecule is COc1ccc(-[n+]2cn(Cc3ccccc3)nc2-c2ccccc2)c(OC)c1. The molecule has 1 heterocycles. The van der Waals surface area contributed by atoms with E-state index in [9.17, 15) is 0 Å². The summed E-state index contributed by atoms with van der Waals surface area (Å²) in [7, 11) is 3.31. The third kappa shape index (κ3) is 3.60. The standard InChI is InChI=1S/C23H22N3O2/c1-27-20-13-14-21(22(15-20)28-2)26-17-25(16-18-9-5-3-6-10-18)24-23(26)19-11-7-4-8-12-19/h3-15,17H,16H2,1-2H3/q+1. The van der Waals surface area contributed by atoms with E-state index in [0.717, 1.165) is 28.6 Å². The lowest BCUT2D eigenvalue weighted by Gasteiger charge is -2.09. The Balaban J connectivity index is 1.83. The molecule has 1 aromatic heterocycles. The zero-order chi connectivity index (χ0) is 19.3. The van der Waals surface area contributed by atoms with Crippen LogP contribution in [-0.2, 0) is 6.54 Å². The summed E-state index contributed by atoms with van der Waals surface area (Å²) in [4.78, 5) is 0. The maximum atomic E-state index is 5.62. The number of methoxy groups -OCH3 is 2. The lowest BCUT2D eigenvalue weighted by Crippen LogP contribution is -2.31. The summed E-state index contributed by atoms with van der Waals surface area (Å²) in [6.45, 7) is 0.687. The minimum atomic E-state index is 0.687. The van der Waals surface area contributed by atoms with Gasteiger partial charge in [0.05, 0.1) is 19.8 Å². The van der Waals surface area contributed by atoms with Crippen molar-refractivity contribution in [2.75, 3.05) is 14.2 Å². The highest BCUT2D eigenvalue weighted by Crippen LogP contribution is 2.26. The van der Waals surface area contributed by atoms with Crippen molar-refractivity contribution in [1.82, 2.24) is 9.78 Å². The Labute approximate surface area is 164 Å². The number of aromatic nitrogens is 3. The van der Waals surface area contributed by atoms with E-state index in [1.165, 1.54) is 5.56 Å². The molecular formula is C23H22N3O2+. The van der Waals surface area contributed by atoms with Crippen molar-refractivity contribution in [1.29, 1.82) is 0 Å². The second kappa shape index (κ2) is 7.96. The molecule has 0 aliphatic heterocycles. The maximum absolute atomic E-state index is 5.62. The Kier molecular flexibility index (Phi) is 5.06. The smallest absolute Gasteiger partial charge is 0.313 e. The molecule has 0 spiro atoms. The monoisotopic (exact) mass is 372 g/mol. The highest BCUT2D eigenvalue weighted by atomic mass is 16.5. The van der Waals surface area contributed by atoms with Gasteiger partial charge in [0, 0.05) is 11.2 Å². The number of nitrogens with zero attached hydrogens (tertiary/aromatic N) is 3. The molecule has 3 aromatic carbocycles. The van der Waals surface area contributed by atoms with Crippen molar-refractivity contribution in [3.8, 4) is 28.6 Å². The first-order valence-electron chi connectivity index (χ1n) is 9.09. The molecule has 0 atom stereocenters. The van der Waals surface area contributed by atoms with Gasteiger partial charge in [-0.2, -0.15) is 4.57 Å². The van der Waals surface area contributed by atoms with Crippen LogP contribution in [0.2, 0.25) is 0 Å². The van der Waals surface area contributed by atoms with Crippen molar-refractivity contribution in [3.63, 3.8) is 0 Å². The molecular weight excluding hydrogens is 350 g/mol. The van der Waals surface area contributed by atoms with E-state index in [0.29, 0.717) is 6.54 Å². The normalized spacial score (nSPS) is 10.6. The van der Waals surface area contributed by atoms with Gasteiger partial charge in [-0.05, 0) is 29.8 Å². The number of benzene rings is 3. The minimum absolute atomic E-state index is 0.687. The molecule has 28 heavy (non-hydrogen) atoms. The van der Waals surface area contributed by atoms with Crippen molar-refractivity contribution >= 4 is 0 Å². The van der Waals surface area contributed by atoms with Crippen LogP contribution in [0.25, 0.3) is 17.1 Å². The average molecular weight is 372 g/mol. The van der Waals surface area contributed by atoms with E-state index in [1.54, 1.807) is 14.2 Å². The van der Waals surface area contributed by atoms with Crippen molar-refractivity contribution < 1.29 is 14.0 Å². The number of hydrogen-bond acceptors (Lipinski definition) is 3. The minimum Gasteiger partial charge on any atom is -0.497 e. The first-order valence-corrected chi connectivity index (χ1v) is 9.09. The summed E-state index contributed by atoms with van der Waals surface area (Å²) in [6, 6.07) is 26.2. The fourth-order valence-electron chi connectivity index (χ4n) is 3.17. The molecule has 0 radical (unpaired) electrons. The highest BCUT2D eigenvalue weighted by molar-refractivity contribution is 5.53. The number of rotatable bonds is 6. The Morgan fingerprint density at radius 2 is 1.57 bits per heavy atom. The van der Waals surface area contributed by atoms with Gasteiger partial charge in [-0.1, -0.05) is 48.5 Å². The lowest BCUT2D eigenvalue weighted by atomic mass is 10.2. The van der Waals surface area contributed by atoms with Crippen LogP contribution in [0, 0.1) is 0 Å². The number of ether oxygens (including phenoxy) is 2. The summed E-state index contributed by atoms with van der Waals surface area (Å²) < 4.78 is 15.0. The van der Waals surface area contributed by atoms with Crippen molar-refractivity contribution in [2.45, 2.75) is 6.54 Å². The summed E-state index contributed by atoms with van der Waals surface area (Å²) in [6.07, 6.45) is 2.00. The van der Waals surface area contributed by atoms with E-state index in [2.05, 4.69) is 28.8 Å². The predicted molar refractivity (Wildman–Crippen MR) is 108 cm³/mol. The zero-order valence-corrected chi connectivity index (χ0v) is 15.9. The third-order valence-corrected chi connectivity index (χ3v) is 4.57. The van der Waals surface area contributed by atoms with Gasteiger partial charge < -0.3 is 9.47 Å². The molecule has 0 fully saturated rings. The summed E-state index contributed by atoms with van der Waals surface area (Å²) in [5.41, 5.74) is 3.13. The molecule has 0 aliphatic carbocycles. The molecule has 0 saturated heterocycles. The second-order valence-electron chi connectivity index (χ2n) is 6.40. The van der Waals surface area contributed by atoms with Crippen molar-refractivity contribution in [2.24, 2.45) is 0 Å². The zero-order valence-electron chi connectivity index (χ0n) is 15.9. The van der Waals surface area contributed by atoms with E-state index in [4.69, 9.17) is 14.6 Å². The molecule has 140 valence electrons. The summed E-state index contributed by atoms with van der Waals surface area (Å²) in [5, 5.41) is 4.86. The highest BCUT2D eigenvalue weighted by Gasteiger charge is 2.23. The molecule has 0 amide bonds. The van der Waals surface area contributed by atoms with Gasteiger partial charge in [-0.3, -0.25) is 0 Å². The largest absolute Gasteiger partial charge is 0.497 e. The van der Waals surface area contributed by atoms with Gasteiger partial charge >= 0.3 is 5.82 Å². The first kappa shape index (κ1) is 17.8. The first-order chi connectivity index (χ1) is 13.8. The molecule has 0 unspecified atom stereocenters. The van der Waals surface area contributed by atoms with Crippen LogP contribution in [0.5, 0.6) is 11.5 Å². The van der Waals surface area contributed by atoms with Gasteiger partial charge in [0.25, 0.3) is 0 Å². The van der Waals surface area contributed by atoms with E-state index in [-0.39, 0.29) is 0 Å². The van der Waals surface area contributed by atoms with Crippen LogP contribution in [0.15, 0.2) is 85.2 Å². The van der Waals surface area contributed by atoms with Crippen LogP contribution >= 0.6 is 0 Å². The van der Waals surface area contributed by atoms with E-state index >= 15 is 0 Å². The molecule has 4 rings (SSSR count). The Bertz CT molecular complexity index is 1060. The van der Waals surface area contributed by atoms with Crippen LogP contribution in [0.1, 0.15) is 5.56 Å². The van der Waals surface area contributed by atoms with Gasteiger partial charge in [-0.15, -0.1) is 4.68 Å². The molecule has 5 nitrogen and oxygen atoms in total. The average Bonchev–Trinajstić information content (AvgIpc) is 3.18. The molecule has 0 bridgehead atoms. The molecule has 0 saturated carbocycles. The topological polar surface area (TPSA) is 40.2 Å². The fourth-order valence-corrected chi connectivity index (χ4v) is 3.17. The fraction of sp³-hybridized carbons (Fsp3) is 0.130. The molecule has 0 aliphatic rings. The van der Waals surface area contributed by atoms with Crippen LogP contribution < -0.4 is 14.0 Å². The second-order valence-corrected chi connectivity index (χ2v) is 6.40. The van der Waals surface area contributed by atoms with Crippen LogP contribution in [0.3, 0.4) is 0 Å². The lowest BCUT2D eigenvalue weighted by molar-refractivity contribution is -0.585. The van der Waals surface area contributed by atoms with Crippen LogP contribution in [0.4, 0.5) is 0 Å². The van der Waals surface area contributed by atoms with Gasteiger partial charge in [0.1, 0.15) is 18.0 Å². The van der Waals surface area contributed by atoms with Gasteiger partial charge in [0.15, 0.2) is 5.75 Å². The summed E-state index contributed by atoms with van der Waals surface area (Å²) in [5.74, 6) is 2.32. The maximum Gasteiger partial charge on any atom is 0.313 e. The molecule has 4 aromatic rings. The summed E-state index contributed by atoms with van der Waals surface area (Å²) >= 11 is 0. The predicted octanol–water partition coefficient (Wildman–Crippen LogP) is 3.89. The Morgan fingerprint density at radius 1 is 0.857 bits per heavy atom.